The van der Waals surface area contributed by atoms with Crippen LogP contribution in [0.15, 0.2) is 42.5 Å². The number of aryl methyl sites for hydroxylation is 1. The molecule has 0 saturated carbocycles. The molecule has 3 N–H and O–H groups in total. The second-order valence-corrected chi connectivity index (χ2v) is 5.81. The van der Waals surface area contributed by atoms with Crippen LogP contribution >= 0.6 is 11.6 Å². The van der Waals surface area contributed by atoms with E-state index in [1.54, 1.807) is 0 Å². The summed E-state index contributed by atoms with van der Waals surface area (Å²) in [6.07, 6.45) is 1.93. The minimum atomic E-state index is -0.196. The van der Waals surface area contributed by atoms with Crippen molar-refractivity contribution < 1.29 is 4.79 Å². The first-order chi connectivity index (χ1) is 10.1. The van der Waals surface area contributed by atoms with Crippen LogP contribution in [0.1, 0.15) is 29.2 Å². The molecule has 2 aromatic carbocycles. The number of nitrogens with two attached hydrogens (primary N) is 1. The van der Waals surface area contributed by atoms with Gasteiger partial charge in [-0.25, -0.2) is 0 Å². The van der Waals surface area contributed by atoms with Gasteiger partial charge in [-0.2, -0.15) is 0 Å². The highest BCUT2D eigenvalue weighted by atomic mass is 35.5. The van der Waals surface area contributed by atoms with E-state index in [1.807, 2.05) is 30.3 Å². The van der Waals surface area contributed by atoms with Gasteiger partial charge in [-0.15, -0.1) is 0 Å². The number of anilines is 1. The molecule has 0 radical (unpaired) electrons. The van der Waals surface area contributed by atoms with E-state index >= 15 is 0 Å². The van der Waals surface area contributed by atoms with Gasteiger partial charge in [0.25, 0.3) is 0 Å². The highest BCUT2D eigenvalue weighted by molar-refractivity contribution is 6.31. The van der Waals surface area contributed by atoms with Gasteiger partial charge in [-0.1, -0.05) is 41.9 Å². The van der Waals surface area contributed by atoms with Crippen LogP contribution in [0.25, 0.3) is 0 Å². The maximum atomic E-state index is 11.7. The summed E-state index contributed by atoms with van der Waals surface area (Å²) in [5.41, 5.74) is 10.4. The highest BCUT2D eigenvalue weighted by Crippen LogP contribution is 2.34. The summed E-state index contributed by atoms with van der Waals surface area (Å²) in [6.45, 7) is 0. The van der Waals surface area contributed by atoms with E-state index in [2.05, 4.69) is 17.4 Å². The van der Waals surface area contributed by atoms with Crippen molar-refractivity contribution in [2.45, 2.75) is 25.3 Å². The minimum absolute atomic E-state index is 0.0398. The molecule has 21 heavy (non-hydrogen) atoms. The Labute approximate surface area is 129 Å². The third-order valence-corrected chi connectivity index (χ3v) is 4.02. The quantitative estimate of drug-likeness (QED) is 0.912. The van der Waals surface area contributed by atoms with Crippen molar-refractivity contribution >= 4 is 23.2 Å². The summed E-state index contributed by atoms with van der Waals surface area (Å²) in [5.74, 6) is 0.0398. The monoisotopic (exact) mass is 300 g/mol. The molecule has 2 aromatic rings. The van der Waals surface area contributed by atoms with Gasteiger partial charge in [0.2, 0.25) is 5.91 Å². The Kier molecular flexibility index (Phi) is 3.95. The SMILES string of the molecule is NC(Cc1ccccc1)c1cc(Cl)cc2c1NC(=O)CC2. The number of nitrogens with one attached hydrogen (secondary N) is 1. The highest BCUT2D eigenvalue weighted by Gasteiger charge is 2.22. The molecule has 1 heterocycles. The van der Waals surface area contributed by atoms with Crippen LogP contribution in [0.5, 0.6) is 0 Å². The molecule has 1 aliphatic rings. The zero-order chi connectivity index (χ0) is 14.8. The second-order valence-electron chi connectivity index (χ2n) is 5.37. The van der Waals surface area contributed by atoms with Gasteiger partial charge < -0.3 is 11.1 Å². The fourth-order valence-electron chi connectivity index (χ4n) is 2.76. The molecule has 0 aromatic heterocycles. The van der Waals surface area contributed by atoms with Crippen molar-refractivity contribution in [3.8, 4) is 0 Å². The Morgan fingerprint density at radius 1 is 1.19 bits per heavy atom. The third kappa shape index (κ3) is 3.09. The van der Waals surface area contributed by atoms with Crippen LogP contribution in [0.3, 0.4) is 0 Å². The summed E-state index contributed by atoms with van der Waals surface area (Å²) in [7, 11) is 0. The number of amides is 1. The Bertz CT molecular complexity index is 670. The Hall–Kier alpha value is -1.84. The van der Waals surface area contributed by atoms with E-state index in [1.165, 1.54) is 5.56 Å². The standard InChI is InChI=1S/C17H17ClN2O/c18-13-9-12-6-7-16(21)20-17(12)14(10-13)15(19)8-11-4-2-1-3-5-11/h1-5,9-10,15H,6-8,19H2,(H,20,21). The zero-order valence-corrected chi connectivity index (χ0v) is 12.4. The average Bonchev–Trinajstić information content (AvgIpc) is 2.48. The normalized spacial score (nSPS) is 15.2. The smallest absolute Gasteiger partial charge is 0.224 e. The van der Waals surface area contributed by atoms with Crippen molar-refractivity contribution in [3.63, 3.8) is 0 Å². The average molecular weight is 301 g/mol. The number of fused-ring (bicyclic) bond motifs is 1. The summed E-state index contributed by atoms with van der Waals surface area (Å²) in [4.78, 5) is 11.7. The molecule has 1 amide bonds. The lowest BCUT2D eigenvalue weighted by Gasteiger charge is -2.24. The van der Waals surface area contributed by atoms with Crippen LogP contribution in [0, 0.1) is 0 Å². The molecular formula is C17H17ClN2O. The van der Waals surface area contributed by atoms with Crippen molar-refractivity contribution in [2.24, 2.45) is 5.73 Å². The van der Waals surface area contributed by atoms with Crippen molar-refractivity contribution in [2.75, 3.05) is 5.32 Å². The Morgan fingerprint density at radius 2 is 1.95 bits per heavy atom. The minimum Gasteiger partial charge on any atom is -0.326 e. The zero-order valence-electron chi connectivity index (χ0n) is 11.6. The fraction of sp³-hybridized carbons (Fsp3) is 0.235. The number of carbonyl (C=O) groups is 1. The molecule has 3 nitrogen and oxygen atoms in total. The number of benzene rings is 2. The number of hydrogen-bond acceptors (Lipinski definition) is 2. The lowest BCUT2D eigenvalue weighted by Crippen LogP contribution is -2.23. The summed E-state index contributed by atoms with van der Waals surface area (Å²) in [6, 6.07) is 13.7. The largest absolute Gasteiger partial charge is 0.326 e. The molecular weight excluding hydrogens is 284 g/mol. The molecule has 108 valence electrons. The lowest BCUT2D eigenvalue weighted by atomic mass is 9.92. The van der Waals surface area contributed by atoms with Crippen molar-refractivity contribution in [1.29, 1.82) is 0 Å². The van der Waals surface area contributed by atoms with Crippen molar-refractivity contribution in [1.82, 2.24) is 0 Å². The van der Waals surface area contributed by atoms with E-state index < -0.39 is 0 Å². The van der Waals surface area contributed by atoms with Crippen LogP contribution in [0.4, 0.5) is 5.69 Å². The van der Waals surface area contributed by atoms with Gasteiger partial charge in [0, 0.05) is 23.2 Å². The van der Waals surface area contributed by atoms with E-state index in [-0.39, 0.29) is 11.9 Å². The molecule has 0 fully saturated rings. The van der Waals surface area contributed by atoms with Gasteiger partial charge in [0.05, 0.1) is 0 Å². The third-order valence-electron chi connectivity index (χ3n) is 3.80. The van der Waals surface area contributed by atoms with Gasteiger partial charge in [0.1, 0.15) is 0 Å². The Balaban J connectivity index is 1.94. The van der Waals surface area contributed by atoms with Crippen molar-refractivity contribution in [3.05, 3.63) is 64.2 Å². The predicted octanol–water partition coefficient (Wildman–Crippen LogP) is 3.47. The van der Waals surface area contributed by atoms with Gasteiger partial charge in [-0.3, -0.25) is 4.79 Å². The summed E-state index contributed by atoms with van der Waals surface area (Å²) in [5, 5.41) is 3.61. The van der Waals surface area contributed by atoms with Gasteiger partial charge >= 0.3 is 0 Å². The maximum Gasteiger partial charge on any atom is 0.224 e. The number of carbonyl (C=O) groups excluding carboxylic acids is 1. The molecule has 1 atom stereocenters. The first-order valence-corrected chi connectivity index (χ1v) is 7.43. The lowest BCUT2D eigenvalue weighted by molar-refractivity contribution is -0.116. The maximum absolute atomic E-state index is 11.7. The molecule has 1 aliphatic heterocycles. The molecule has 3 rings (SSSR count). The first kappa shape index (κ1) is 14.1. The number of hydrogen-bond donors (Lipinski definition) is 2. The fourth-order valence-corrected chi connectivity index (χ4v) is 3.01. The first-order valence-electron chi connectivity index (χ1n) is 7.05. The van der Waals surface area contributed by atoms with Crippen LogP contribution in [-0.2, 0) is 17.6 Å². The van der Waals surface area contributed by atoms with E-state index in [9.17, 15) is 4.79 Å². The van der Waals surface area contributed by atoms with Crippen LogP contribution in [-0.4, -0.2) is 5.91 Å². The molecule has 0 bridgehead atoms. The van der Waals surface area contributed by atoms with E-state index in [0.29, 0.717) is 24.3 Å². The molecule has 1 unspecified atom stereocenters. The molecule has 4 heteroatoms. The van der Waals surface area contributed by atoms with Gasteiger partial charge in [0.15, 0.2) is 0 Å². The molecule has 0 saturated heterocycles. The van der Waals surface area contributed by atoms with Gasteiger partial charge in [-0.05, 0) is 41.7 Å². The van der Waals surface area contributed by atoms with E-state index in [4.69, 9.17) is 17.3 Å². The Morgan fingerprint density at radius 3 is 2.71 bits per heavy atom. The summed E-state index contributed by atoms with van der Waals surface area (Å²) < 4.78 is 0. The second kappa shape index (κ2) is 5.88. The molecule has 0 spiro atoms. The number of halogens is 1. The van der Waals surface area contributed by atoms with Crippen LogP contribution in [0.2, 0.25) is 5.02 Å². The number of rotatable bonds is 3. The van der Waals surface area contributed by atoms with E-state index in [0.717, 1.165) is 16.8 Å². The predicted molar refractivity (Wildman–Crippen MR) is 85.5 cm³/mol. The molecule has 0 aliphatic carbocycles. The topological polar surface area (TPSA) is 55.1 Å². The summed E-state index contributed by atoms with van der Waals surface area (Å²) >= 11 is 6.20. The van der Waals surface area contributed by atoms with Crippen LogP contribution < -0.4 is 11.1 Å².